The molecule has 0 bridgehead atoms. The van der Waals surface area contributed by atoms with Gasteiger partial charge in [-0.25, -0.2) is 4.79 Å². The highest BCUT2D eigenvalue weighted by Crippen LogP contribution is 1.94. The van der Waals surface area contributed by atoms with Crippen molar-refractivity contribution in [2.24, 2.45) is 5.73 Å². The van der Waals surface area contributed by atoms with Crippen molar-refractivity contribution in [3.8, 4) is 23.7 Å². The number of amides is 1. The second-order valence-corrected chi connectivity index (χ2v) is 4.80. The van der Waals surface area contributed by atoms with Crippen LogP contribution in [-0.4, -0.2) is 30.1 Å². The SMILES string of the molecule is C.C.CCN.CCNC(=O)C#Cc1ccccc1.O=C(O)C#Cc1ccccc1. The van der Waals surface area contributed by atoms with Crippen molar-refractivity contribution >= 4 is 11.9 Å². The summed E-state index contributed by atoms with van der Waals surface area (Å²) in [5.41, 5.74) is 6.42. The van der Waals surface area contributed by atoms with Crippen molar-refractivity contribution in [3.05, 3.63) is 71.8 Å². The number of carbonyl (C=O) groups is 2. The van der Waals surface area contributed by atoms with Crippen LogP contribution < -0.4 is 11.1 Å². The van der Waals surface area contributed by atoms with Gasteiger partial charge < -0.3 is 16.2 Å². The number of nitrogens with one attached hydrogen (secondary N) is 1. The summed E-state index contributed by atoms with van der Waals surface area (Å²) in [7, 11) is 0. The lowest BCUT2D eigenvalue weighted by atomic mass is 10.2. The zero-order valence-corrected chi connectivity index (χ0v) is 15.5. The van der Waals surface area contributed by atoms with Crippen molar-refractivity contribution in [1.82, 2.24) is 5.32 Å². The van der Waals surface area contributed by atoms with Gasteiger partial charge in [0.05, 0.1) is 0 Å². The molecular weight excluding hydrogens is 364 g/mol. The first-order chi connectivity index (χ1) is 13.0. The van der Waals surface area contributed by atoms with Crippen LogP contribution in [0, 0.1) is 23.7 Å². The predicted molar refractivity (Wildman–Crippen MR) is 121 cm³/mol. The third kappa shape index (κ3) is 19.0. The molecule has 4 N–H and O–H groups in total. The maximum absolute atomic E-state index is 10.9. The van der Waals surface area contributed by atoms with Crippen molar-refractivity contribution in [2.75, 3.05) is 13.1 Å². The average molecular weight is 397 g/mol. The van der Waals surface area contributed by atoms with Gasteiger partial charge in [0.25, 0.3) is 5.91 Å². The van der Waals surface area contributed by atoms with Crippen molar-refractivity contribution in [1.29, 1.82) is 0 Å². The maximum atomic E-state index is 10.9. The van der Waals surface area contributed by atoms with E-state index < -0.39 is 5.97 Å². The van der Waals surface area contributed by atoms with Gasteiger partial charge in [-0.1, -0.05) is 70.0 Å². The Morgan fingerprint density at radius 1 is 0.862 bits per heavy atom. The Morgan fingerprint density at radius 2 is 1.24 bits per heavy atom. The van der Waals surface area contributed by atoms with Gasteiger partial charge in [0, 0.05) is 29.5 Å². The summed E-state index contributed by atoms with van der Waals surface area (Å²) in [5.74, 6) is 8.46. The van der Waals surface area contributed by atoms with Crippen LogP contribution in [-0.2, 0) is 9.59 Å². The number of aliphatic carboxylic acids is 1. The molecule has 0 aliphatic rings. The highest BCUT2D eigenvalue weighted by molar-refractivity contribution is 5.94. The molecule has 1 amide bonds. The van der Waals surface area contributed by atoms with Crippen molar-refractivity contribution in [3.63, 3.8) is 0 Å². The van der Waals surface area contributed by atoms with Crippen LogP contribution in [0.15, 0.2) is 60.7 Å². The van der Waals surface area contributed by atoms with Gasteiger partial charge in [-0.2, -0.15) is 0 Å². The molecular formula is C24H32N2O3. The highest BCUT2D eigenvalue weighted by Gasteiger charge is 1.89. The first kappa shape index (κ1) is 30.2. The number of carbonyl (C=O) groups excluding carboxylic acids is 1. The van der Waals surface area contributed by atoms with E-state index >= 15 is 0 Å². The number of nitrogens with two attached hydrogens (primary N) is 1. The summed E-state index contributed by atoms with van der Waals surface area (Å²) >= 11 is 0. The second kappa shape index (κ2) is 20.8. The van der Waals surface area contributed by atoms with Gasteiger partial charge in [0.1, 0.15) is 0 Å². The molecule has 0 aliphatic heterocycles. The fourth-order valence-electron chi connectivity index (χ4n) is 1.50. The Hall–Kier alpha value is -3.54. The molecule has 0 radical (unpaired) electrons. The zero-order chi connectivity index (χ0) is 20.3. The van der Waals surface area contributed by atoms with E-state index in [1.54, 1.807) is 12.1 Å². The Bertz CT molecular complexity index is 796. The molecule has 0 saturated heterocycles. The molecule has 156 valence electrons. The van der Waals surface area contributed by atoms with E-state index in [0.717, 1.165) is 17.7 Å². The Kier molecular flexibility index (Phi) is 21.6. The fourth-order valence-corrected chi connectivity index (χ4v) is 1.50. The van der Waals surface area contributed by atoms with Crippen molar-refractivity contribution < 1.29 is 14.7 Å². The minimum atomic E-state index is -1.10. The molecule has 2 aromatic rings. The minimum Gasteiger partial charge on any atom is -0.472 e. The summed E-state index contributed by atoms with van der Waals surface area (Å²) < 4.78 is 0. The largest absolute Gasteiger partial charge is 0.472 e. The molecule has 2 rings (SSSR count). The summed E-state index contributed by atoms with van der Waals surface area (Å²) in [4.78, 5) is 20.9. The predicted octanol–water partition coefficient (Wildman–Crippen LogP) is 3.53. The van der Waals surface area contributed by atoms with E-state index in [4.69, 9.17) is 10.8 Å². The van der Waals surface area contributed by atoms with Crippen LogP contribution in [0.1, 0.15) is 39.8 Å². The monoisotopic (exact) mass is 396 g/mol. The zero-order valence-electron chi connectivity index (χ0n) is 15.5. The Labute approximate surface area is 175 Å². The number of hydrogen-bond acceptors (Lipinski definition) is 3. The summed E-state index contributed by atoms with van der Waals surface area (Å²) in [5, 5.41) is 10.8. The molecule has 0 saturated carbocycles. The van der Waals surface area contributed by atoms with Gasteiger partial charge >= 0.3 is 5.97 Å². The first-order valence-electron chi connectivity index (χ1n) is 8.38. The first-order valence-corrected chi connectivity index (χ1v) is 8.38. The normalized spacial score (nSPS) is 7.41. The maximum Gasteiger partial charge on any atom is 0.382 e. The number of hydrogen-bond donors (Lipinski definition) is 3. The molecule has 0 unspecified atom stereocenters. The Balaban J connectivity index is -0.000000390. The van der Waals surface area contributed by atoms with Gasteiger partial charge in [-0.05, 0) is 37.7 Å². The third-order valence-corrected chi connectivity index (χ3v) is 2.52. The van der Waals surface area contributed by atoms with Crippen LogP contribution in [0.5, 0.6) is 0 Å². The molecule has 0 aliphatic carbocycles. The van der Waals surface area contributed by atoms with Gasteiger partial charge in [0.15, 0.2) is 0 Å². The fraction of sp³-hybridized carbons (Fsp3) is 0.250. The lowest BCUT2D eigenvalue weighted by molar-refractivity contribution is -0.130. The van der Waals surface area contributed by atoms with Crippen LogP contribution in [0.25, 0.3) is 0 Å². The summed E-state index contributed by atoms with van der Waals surface area (Å²) in [6.07, 6.45) is 0. The molecule has 5 heteroatoms. The van der Waals surface area contributed by atoms with E-state index in [0.29, 0.717) is 6.54 Å². The topological polar surface area (TPSA) is 92.4 Å². The minimum absolute atomic E-state index is 0. The molecule has 5 nitrogen and oxygen atoms in total. The van der Waals surface area contributed by atoms with Gasteiger partial charge in [-0.3, -0.25) is 4.79 Å². The van der Waals surface area contributed by atoms with E-state index in [9.17, 15) is 9.59 Å². The molecule has 2 aromatic carbocycles. The highest BCUT2D eigenvalue weighted by atomic mass is 16.4. The van der Waals surface area contributed by atoms with E-state index in [1.165, 1.54) is 0 Å². The van der Waals surface area contributed by atoms with Crippen LogP contribution in [0.2, 0.25) is 0 Å². The smallest absolute Gasteiger partial charge is 0.382 e. The molecule has 0 aromatic heterocycles. The molecule has 0 spiro atoms. The lowest BCUT2D eigenvalue weighted by Crippen LogP contribution is -2.20. The summed E-state index contributed by atoms with van der Waals surface area (Å²) in [6.45, 7) is 5.13. The van der Waals surface area contributed by atoms with Crippen molar-refractivity contribution in [2.45, 2.75) is 28.7 Å². The second-order valence-electron chi connectivity index (χ2n) is 4.80. The van der Waals surface area contributed by atoms with E-state index in [2.05, 4.69) is 23.1 Å². The number of rotatable bonds is 1. The number of benzene rings is 2. The molecule has 0 heterocycles. The van der Waals surface area contributed by atoms with Crippen LogP contribution >= 0.6 is 0 Å². The molecule has 0 fully saturated rings. The number of carboxylic acid groups (broad SMARTS) is 1. The van der Waals surface area contributed by atoms with Crippen LogP contribution in [0.3, 0.4) is 0 Å². The lowest BCUT2D eigenvalue weighted by Gasteiger charge is -1.90. The summed E-state index contributed by atoms with van der Waals surface area (Å²) in [6, 6.07) is 18.4. The van der Waals surface area contributed by atoms with E-state index in [-0.39, 0.29) is 20.8 Å². The molecule has 0 atom stereocenters. The van der Waals surface area contributed by atoms with Gasteiger partial charge in [-0.15, -0.1) is 0 Å². The molecule has 29 heavy (non-hydrogen) atoms. The van der Waals surface area contributed by atoms with E-state index in [1.807, 2.05) is 68.3 Å². The average Bonchev–Trinajstić information content (AvgIpc) is 2.68. The third-order valence-electron chi connectivity index (χ3n) is 2.52. The van der Waals surface area contributed by atoms with Crippen LogP contribution in [0.4, 0.5) is 0 Å². The standard InChI is InChI=1S/C11H11NO.C9H6O2.C2H7N.2CH4/c1-2-12-11(13)9-8-10-6-4-3-5-7-10;10-9(11)7-6-8-4-2-1-3-5-8;1-2-3;;/h3-7H,2H2,1H3,(H,12,13);1-5H,(H,10,11);2-3H2,1H3;2*1H4. The Morgan fingerprint density at radius 3 is 1.59 bits per heavy atom. The van der Waals surface area contributed by atoms with Gasteiger partial charge in [0.2, 0.25) is 0 Å². The number of carboxylic acids is 1. The quantitative estimate of drug-likeness (QED) is 0.643.